The number of furan rings is 1. The Morgan fingerprint density at radius 1 is 1.24 bits per heavy atom. The molecule has 8 heteroatoms. The molecule has 7 nitrogen and oxygen atoms in total. The first-order valence-corrected chi connectivity index (χ1v) is 7.94. The number of carbonyl (C=O) groups is 2. The van der Waals surface area contributed by atoms with Gasteiger partial charge >= 0.3 is 0 Å². The van der Waals surface area contributed by atoms with E-state index < -0.39 is 11.1 Å². The number of fused-ring (bicyclic) bond motifs is 1. The average molecular weight is 348 g/mol. The smallest absolute Gasteiger partial charge is 0.290 e. The third-order valence-electron chi connectivity index (χ3n) is 3.55. The van der Waals surface area contributed by atoms with Gasteiger partial charge in [-0.15, -0.1) is 0 Å². The Morgan fingerprint density at radius 2 is 2.12 bits per heavy atom. The van der Waals surface area contributed by atoms with Crippen LogP contribution >= 0.6 is 11.8 Å². The Bertz CT molecular complexity index is 1090. The fraction of sp³-hybridized carbons (Fsp3) is 0. The van der Waals surface area contributed by atoms with E-state index in [1.165, 1.54) is 6.08 Å². The van der Waals surface area contributed by atoms with Crippen LogP contribution in [0.25, 0.3) is 28.2 Å². The molecule has 3 aromatic heterocycles. The number of aromatic nitrogens is 2. The molecule has 2 amide bonds. The van der Waals surface area contributed by atoms with Crippen LogP contribution in [0.15, 0.2) is 46.1 Å². The predicted molar refractivity (Wildman–Crippen MR) is 91.1 cm³/mol. The number of hydrogen-bond acceptors (Lipinski definition) is 7. The van der Waals surface area contributed by atoms with Gasteiger partial charge in [0.15, 0.2) is 0 Å². The van der Waals surface area contributed by atoms with Crippen LogP contribution in [-0.2, 0) is 4.79 Å². The van der Waals surface area contributed by atoms with Crippen LogP contribution in [0, 0.1) is 11.3 Å². The number of nitrogens with one attached hydrogen (secondary N) is 1. The molecule has 4 rings (SSSR count). The van der Waals surface area contributed by atoms with Crippen LogP contribution in [0.1, 0.15) is 11.5 Å². The van der Waals surface area contributed by atoms with Gasteiger partial charge in [0, 0.05) is 41.2 Å². The number of nitriles is 1. The molecule has 1 fully saturated rings. The average Bonchev–Trinajstić information content (AvgIpc) is 3.17. The molecule has 0 atom stereocenters. The van der Waals surface area contributed by atoms with Crippen molar-refractivity contribution in [2.75, 3.05) is 0 Å². The van der Waals surface area contributed by atoms with Gasteiger partial charge in [-0.3, -0.25) is 19.9 Å². The molecule has 0 radical (unpaired) electrons. The minimum atomic E-state index is -0.440. The summed E-state index contributed by atoms with van der Waals surface area (Å²) in [6.07, 6.45) is 6.39. The van der Waals surface area contributed by atoms with Crippen LogP contribution in [0.3, 0.4) is 0 Å². The number of carbonyl (C=O) groups excluding carboxylic acids is 2. The first kappa shape index (κ1) is 15.1. The highest BCUT2D eigenvalue weighted by Gasteiger charge is 2.25. The van der Waals surface area contributed by atoms with E-state index in [2.05, 4.69) is 15.3 Å². The lowest BCUT2D eigenvalue weighted by Crippen LogP contribution is -2.17. The lowest BCUT2D eigenvalue weighted by molar-refractivity contribution is -0.115. The molecule has 1 aliphatic rings. The summed E-state index contributed by atoms with van der Waals surface area (Å²) in [6, 6.07) is 7.09. The van der Waals surface area contributed by atoms with Gasteiger partial charge in [0.25, 0.3) is 11.1 Å². The van der Waals surface area contributed by atoms with Crippen molar-refractivity contribution in [1.82, 2.24) is 15.3 Å². The zero-order chi connectivity index (χ0) is 17.4. The van der Waals surface area contributed by atoms with Crippen molar-refractivity contribution in [3.05, 3.63) is 53.1 Å². The monoisotopic (exact) mass is 348 g/mol. The highest BCUT2D eigenvalue weighted by Crippen LogP contribution is 2.32. The Balaban J connectivity index is 1.79. The third kappa shape index (κ3) is 2.77. The molecule has 4 heterocycles. The van der Waals surface area contributed by atoms with Gasteiger partial charge in [-0.2, -0.15) is 5.26 Å². The number of imide groups is 1. The maximum Gasteiger partial charge on any atom is 0.290 e. The molecule has 120 valence electrons. The minimum Gasteiger partial charge on any atom is -0.456 e. The maximum absolute atomic E-state index is 11.6. The number of hydrogen-bond donors (Lipinski definition) is 1. The second-order valence-electron chi connectivity index (χ2n) is 5.15. The molecule has 3 aromatic rings. The second-order valence-corrected chi connectivity index (χ2v) is 6.17. The Labute approximate surface area is 145 Å². The quantitative estimate of drug-likeness (QED) is 0.709. The number of thioether (sulfide) groups is 1. The summed E-state index contributed by atoms with van der Waals surface area (Å²) in [6.45, 7) is 0. The number of amides is 2. The van der Waals surface area contributed by atoms with Gasteiger partial charge < -0.3 is 4.42 Å². The van der Waals surface area contributed by atoms with Crippen molar-refractivity contribution in [3.8, 4) is 17.2 Å². The summed E-state index contributed by atoms with van der Waals surface area (Å²) in [7, 11) is 0. The van der Waals surface area contributed by atoms with Gasteiger partial charge in [0.05, 0.1) is 4.91 Å². The van der Waals surface area contributed by atoms with Gasteiger partial charge in [-0.25, -0.2) is 4.98 Å². The topological polar surface area (TPSA) is 109 Å². The number of rotatable bonds is 2. The predicted octanol–water partition coefficient (Wildman–Crippen LogP) is 3.09. The minimum absolute atomic E-state index is 0.276. The van der Waals surface area contributed by atoms with Crippen molar-refractivity contribution in [1.29, 1.82) is 5.26 Å². The normalized spacial score (nSPS) is 15.6. The zero-order valence-electron chi connectivity index (χ0n) is 12.5. The summed E-state index contributed by atoms with van der Waals surface area (Å²) in [5, 5.41) is 11.4. The Hall–Kier alpha value is -3.44. The van der Waals surface area contributed by atoms with E-state index in [1.54, 1.807) is 36.8 Å². The van der Waals surface area contributed by atoms with Crippen LogP contribution in [0.5, 0.6) is 0 Å². The van der Waals surface area contributed by atoms with Crippen LogP contribution in [0.2, 0.25) is 0 Å². The summed E-state index contributed by atoms with van der Waals surface area (Å²) < 4.78 is 5.84. The number of pyridine rings is 2. The standard InChI is InChI=1S/C17H8N4O3S/c18-5-11-2-1-9(7-20-11)13-8-19-6-10-3-12(24-15(10)13)4-14-16(22)21-17(23)25-14/h1-4,6-8H,(H,21,22,23)/b14-4-. The summed E-state index contributed by atoms with van der Waals surface area (Å²) in [5.74, 6) is 0.00306. The van der Waals surface area contributed by atoms with E-state index in [0.717, 1.165) is 28.3 Å². The highest BCUT2D eigenvalue weighted by molar-refractivity contribution is 8.18. The molecular weight excluding hydrogens is 340 g/mol. The molecule has 1 saturated heterocycles. The van der Waals surface area contributed by atoms with E-state index in [1.807, 2.05) is 6.07 Å². The molecule has 1 aliphatic heterocycles. The van der Waals surface area contributed by atoms with Crippen LogP contribution in [-0.4, -0.2) is 21.1 Å². The third-order valence-corrected chi connectivity index (χ3v) is 4.36. The lowest BCUT2D eigenvalue weighted by Gasteiger charge is -2.01. The largest absolute Gasteiger partial charge is 0.456 e. The first-order valence-electron chi connectivity index (χ1n) is 7.13. The lowest BCUT2D eigenvalue weighted by atomic mass is 10.1. The Morgan fingerprint density at radius 3 is 2.80 bits per heavy atom. The van der Waals surface area contributed by atoms with Crippen molar-refractivity contribution >= 4 is 40.0 Å². The van der Waals surface area contributed by atoms with Crippen molar-refractivity contribution in [2.24, 2.45) is 0 Å². The summed E-state index contributed by atoms with van der Waals surface area (Å²) in [5.41, 5.74) is 2.39. The van der Waals surface area contributed by atoms with Crippen LogP contribution in [0.4, 0.5) is 4.79 Å². The molecule has 0 unspecified atom stereocenters. The molecule has 0 aliphatic carbocycles. The van der Waals surface area contributed by atoms with Crippen molar-refractivity contribution in [2.45, 2.75) is 0 Å². The molecule has 0 aromatic carbocycles. The van der Waals surface area contributed by atoms with Gasteiger partial charge in [0.2, 0.25) is 0 Å². The fourth-order valence-corrected chi connectivity index (χ4v) is 3.09. The van der Waals surface area contributed by atoms with Gasteiger partial charge in [-0.1, -0.05) is 0 Å². The summed E-state index contributed by atoms with van der Waals surface area (Å²) >= 11 is 0.828. The molecule has 25 heavy (non-hydrogen) atoms. The highest BCUT2D eigenvalue weighted by atomic mass is 32.2. The first-order chi connectivity index (χ1) is 12.1. The molecule has 1 N–H and O–H groups in total. The summed E-state index contributed by atoms with van der Waals surface area (Å²) in [4.78, 5) is 31.4. The SMILES string of the molecule is N#Cc1ccc(-c2cncc3cc(/C=C4\SC(=O)NC4=O)oc23)cn1. The fourth-order valence-electron chi connectivity index (χ4n) is 2.43. The van der Waals surface area contributed by atoms with E-state index in [9.17, 15) is 9.59 Å². The molecule has 0 saturated carbocycles. The number of nitrogens with zero attached hydrogens (tertiary/aromatic N) is 3. The molecule has 0 bridgehead atoms. The molecular formula is C17H8N4O3S. The van der Waals surface area contributed by atoms with E-state index in [0.29, 0.717) is 17.0 Å². The van der Waals surface area contributed by atoms with E-state index >= 15 is 0 Å². The Kier molecular flexibility index (Phi) is 3.56. The van der Waals surface area contributed by atoms with Crippen molar-refractivity contribution in [3.63, 3.8) is 0 Å². The molecule has 0 spiro atoms. The van der Waals surface area contributed by atoms with Crippen molar-refractivity contribution < 1.29 is 14.0 Å². The van der Waals surface area contributed by atoms with E-state index in [-0.39, 0.29) is 4.91 Å². The van der Waals surface area contributed by atoms with Gasteiger partial charge in [-0.05, 0) is 30.0 Å². The second kappa shape index (κ2) is 5.89. The van der Waals surface area contributed by atoms with Gasteiger partial charge in [0.1, 0.15) is 23.1 Å². The van der Waals surface area contributed by atoms with E-state index in [4.69, 9.17) is 9.68 Å². The van der Waals surface area contributed by atoms with Crippen LogP contribution < -0.4 is 5.32 Å². The maximum atomic E-state index is 11.6. The zero-order valence-corrected chi connectivity index (χ0v) is 13.3.